The van der Waals surface area contributed by atoms with Crippen molar-refractivity contribution in [2.45, 2.75) is 6.42 Å². The summed E-state index contributed by atoms with van der Waals surface area (Å²) in [5, 5.41) is 19.0. The number of para-hydroxylation sites is 2. The van der Waals surface area contributed by atoms with E-state index in [0.717, 1.165) is 11.3 Å². The summed E-state index contributed by atoms with van der Waals surface area (Å²) >= 11 is 0. The van der Waals surface area contributed by atoms with Gasteiger partial charge in [0.25, 0.3) is 0 Å². The molecule has 5 nitrogen and oxygen atoms in total. The Labute approximate surface area is 136 Å². The van der Waals surface area contributed by atoms with Gasteiger partial charge in [-0.1, -0.05) is 12.1 Å². The molecule has 0 aromatic heterocycles. The van der Waals surface area contributed by atoms with E-state index in [1.807, 2.05) is 30.1 Å². The normalized spacial score (nSPS) is 10.0. The average molecular weight is 312 g/mol. The first-order chi connectivity index (χ1) is 11.1. The monoisotopic (exact) mass is 312 g/mol. The number of aromatic hydroxyl groups is 1. The van der Waals surface area contributed by atoms with Crippen LogP contribution in [0.3, 0.4) is 0 Å². The molecule has 0 saturated carbocycles. The minimum absolute atomic E-state index is 0.249. The van der Waals surface area contributed by atoms with Crippen molar-refractivity contribution in [3.8, 4) is 23.3 Å². The molecular weight excluding hydrogens is 292 g/mol. The van der Waals surface area contributed by atoms with Gasteiger partial charge in [-0.2, -0.15) is 5.26 Å². The van der Waals surface area contributed by atoms with Gasteiger partial charge in [-0.05, 0) is 30.2 Å². The third kappa shape index (κ3) is 3.67. The minimum Gasteiger partial charge on any atom is -0.506 e. The van der Waals surface area contributed by atoms with Gasteiger partial charge in [0.1, 0.15) is 23.3 Å². The summed E-state index contributed by atoms with van der Waals surface area (Å²) in [5.74, 6) is 1.45. The molecule has 0 saturated heterocycles. The van der Waals surface area contributed by atoms with E-state index < -0.39 is 0 Å². The third-order valence-corrected chi connectivity index (χ3v) is 3.73. The first-order valence-corrected chi connectivity index (χ1v) is 7.24. The molecule has 0 spiro atoms. The van der Waals surface area contributed by atoms with Crippen molar-refractivity contribution in [3.63, 3.8) is 0 Å². The van der Waals surface area contributed by atoms with E-state index in [-0.39, 0.29) is 5.75 Å². The molecule has 2 aromatic carbocycles. The Morgan fingerprint density at radius 1 is 1.13 bits per heavy atom. The number of hydrogen-bond acceptors (Lipinski definition) is 5. The van der Waals surface area contributed by atoms with Crippen LogP contribution in [-0.4, -0.2) is 32.9 Å². The largest absolute Gasteiger partial charge is 0.506 e. The number of rotatable bonds is 6. The van der Waals surface area contributed by atoms with Crippen LogP contribution in [0.15, 0.2) is 36.4 Å². The summed E-state index contributed by atoms with van der Waals surface area (Å²) in [6.07, 6.45) is 0.691. The lowest BCUT2D eigenvalue weighted by molar-refractivity contribution is 0.397. The highest BCUT2D eigenvalue weighted by atomic mass is 16.5. The number of nitriles is 1. The van der Waals surface area contributed by atoms with E-state index in [2.05, 4.69) is 6.07 Å². The molecule has 0 unspecified atom stereocenters. The Morgan fingerprint density at radius 3 is 2.43 bits per heavy atom. The van der Waals surface area contributed by atoms with Gasteiger partial charge in [0.15, 0.2) is 0 Å². The van der Waals surface area contributed by atoms with Crippen LogP contribution in [0.1, 0.15) is 11.1 Å². The summed E-state index contributed by atoms with van der Waals surface area (Å²) < 4.78 is 10.6. The van der Waals surface area contributed by atoms with Gasteiger partial charge in [0.05, 0.1) is 25.5 Å². The van der Waals surface area contributed by atoms with Gasteiger partial charge in [-0.3, -0.25) is 0 Å². The Balaban J connectivity index is 2.20. The summed E-state index contributed by atoms with van der Waals surface area (Å²) in [6.45, 7) is 0.684. The van der Waals surface area contributed by atoms with Crippen LogP contribution >= 0.6 is 0 Å². The van der Waals surface area contributed by atoms with Crippen molar-refractivity contribution in [2.24, 2.45) is 0 Å². The quantitative estimate of drug-likeness (QED) is 0.888. The molecule has 1 N–H and O–H groups in total. The standard InChI is InChI=1S/C18H20N2O3/c1-20(15-6-4-5-7-16(15)21)9-8-13-10-18(23-3)14(12-19)11-17(13)22-2/h4-7,10-11,21H,8-9H2,1-3H3. The highest BCUT2D eigenvalue weighted by Crippen LogP contribution is 2.30. The maximum atomic E-state index is 9.91. The number of ether oxygens (including phenoxy) is 2. The van der Waals surface area contributed by atoms with Crippen molar-refractivity contribution in [1.29, 1.82) is 5.26 Å². The molecule has 0 radical (unpaired) electrons. The summed E-state index contributed by atoms with van der Waals surface area (Å²) in [5.41, 5.74) is 2.17. The fourth-order valence-corrected chi connectivity index (χ4v) is 2.44. The number of anilines is 1. The molecule has 120 valence electrons. The van der Waals surface area contributed by atoms with Crippen LogP contribution in [-0.2, 0) is 6.42 Å². The molecule has 23 heavy (non-hydrogen) atoms. The fourth-order valence-electron chi connectivity index (χ4n) is 2.44. The highest BCUT2D eigenvalue weighted by molar-refractivity contribution is 5.57. The first-order valence-electron chi connectivity index (χ1n) is 7.24. The lowest BCUT2D eigenvalue weighted by Gasteiger charge is -2.21. The molecule has 0 bridgehead atoms. The van der Waals surface area contributed by atoms with Gasteiger partial charge < -0.3 is 19.5 Å². The van der Waals surface area contributed by atoms with Gasteiger partial charge in [-0.15, -0.1) is 0 Å². The van der Waals surface area contributed by atoms with Crippen LogP contribution in [0.5, 0.6) is 17.2 Å². The van der Waals surface area contributed by atoms with E-state index in [1.54, 1.807) is 32.4 Å². The second-order valence-electron chi connectivity index (χ2n) is 5.14. The van der Waals surface area contributed by atoms with Gasteiger partial charge in [-0.25, -0.2) is 0 Å². The molecular formula is C18H20N2O3. The summed E-state index contributed by atoms with van der Waals surface area (Å²) in [7, 11) is 5.04. The van der Waals surface area contributed by atoms with Gasteiger partial charge >= 0.3 is 0 Å². The number of likely N-dealkylation sites (N-methyl/N-ethyl adjacent to an activating group) is 1. The van der Waals surface area contributed by atoms with Crippen molar-refractivity contribution < 1.29 is 14.6 Å². The Morgan fingerprint density at radius 2 is 1.83 bits per heavy atom. The molecule has 0 atom stereocenters. The Bertz CT molecular complexity index is 723. The van der Waals surface area contributed by atoms with E-state index in [4.69, 9.17) is 14.7 Å². The molecule has 2 aromatic rings. The zero-order chi connectivity index (χ0) is 16.8. The van der Waals surface area contributed by atoms with Gasteiger partial charge in [0.2, 0.25) is 0 Å². The van der Waals surface area contributed by atoms with Crippen molar-refractivity contribution in [2.75, 3.05) is 32.7 Å². The topological polar surface area (TPSA) is 65.7 Å². The molecule has 0 aliphatic carbocycles. The van der Waals surface area contributed by atoms with E-state index in [1.165, 1.54) is 0 Å². The predicted octanol–water partition coefficient (Wildman–Crippen LogP) is 2.96. The van der Waals surface area contributed by atoms with Crippen LogP contribution in [0.4, 0.5) is 5.69 Å². The van der Waals surface area contributed by atoms with E-state index in [0.29, 0.717) is 30.0 Å². The van der Waals surface area contributed by atoms with Crippen LogP contribution < -0.4 is 14.4 Å². The second kappa shape index (κ2) is 7.41. The maximum Gasteiger partial charge on any atom is 0.138 e. The van der Waals surface area contributed by atoms with Crippen LogP contribution in [0.25, 0.3) is 0 Å². The highest BCUT2D eigenvalue weighted by Gasteiger charge is 2.13. The van der Waals surface area contributed by atoms with Gasteiger partial charge in [0, 0.05) is 19.7 Å². The van der Waals surface area contributed by atoms with E-state index in [9.17, 15) is 5.11 Å². The first kappa shape index (κ1) is 16.5. The molecule has 0 aliphatic heterocycles. The number of phenols is 1. The molecule has 0 amide bonds. The van der Waals surface area contributed by atoms with Crippen molar-refractivity contribution in [3.05, 3.63) is 47.5 Å². The number of methoxy groups -OCH3 is 2. The Hall–Kier alpha value is -2.87. The Kier molecular flexibility index (Phi) is 5.32. The SMILES string of the molecule is COc1cc(CCN(C)c2ccccc2O)c(OC)cc1C#N. The van der Waals surface area contributed by atoms with Crippen molar-refractivity contribution in [1.82, 2.24) is 0 Å². The molecule has 2 rings (SSSR count). The molecule has 5 heteroatoms. The summed E-state index contributed by atoms with van der Waals surface area (Å²) in [4.78, 5) is 1.97. The summed E-state index contributed by atoms with van der Waals surface area (Å²) in [6, 6.07) is 12.8. The molecule has 0 heterocycles. The number of benzene rings is 2. The smallest absolute Gasteiger partial charge is 0.138 e. The number of nitrogens with zero attached hydrogens (tertiary/aromatic N) is 2. The lowest BCUT2D eigenvalue weighted by atomic mass is 10.1. The third-order valence-electron chi connectivity index (χ3n) is 3.73. The predicted molar refractivity (Wildman–Crippen MR) is 89.3 cm³/mol. The van der Waals surface area contributed by atoms with Crippen LogP contribution in [0, 0.1) is 11.3 Å². The number of phenolic OH excluding ortho intramolecular Hbond substituents is 1. The molecule has 0 aliphatic rings. The van der Waals surface area contributed by atoms with E-state index >= 15 is 0 Å². The maximum absolute atomic E-state index is 9.91. The molecule has 0 fully saturated rings. The second-order valence-corrected chi connectivity index (χ2v) is 5.14. The number of hydrogen-bond donors (Lipinski definition) is 1. The fraction of sp³-hybridized carbons (Fsp3) is 0.278. The van der Waals surface area contributed by atoms with Crippen LogP contribution in [0.2, 0.25) is 0 Å². The van der Waals surface area contributed by atoms with Crippen molar-refractivity contribution >= 4 is 5.69 Å². The zero-order valence-electron chi connectivity index (χ0n) is 13.5. The lowest BCUT2D eigenvalue weighted by Crippen LogP contribution is -2.20. The average Bonchev–Trinajstić information content (AvgIpc) is 2.59. The minimum atomic E-state index is 0.249. The zero-order valence-corrected chi connectivity index (χ0v) is 13.5.